The highest BCUT2D eigenvalue weighted by molar-refractivity contribution is 5.87. The molecule has 16 heavy (non-hydrogen) atoms. The minimum atomic E-state index is -1.48. The molecule has 0 aromatic heterocycles. The van der Waals surface area contributed by atoms with Crippen molar-refractivity contribution in [3.05, 3.63) is 35.4 Å². The number of hydrogen-bond donors (Lipinski definition) is 2. The molecule has 0 radical (unpaired) electrons. The van der Waals surface area contributed by atoms with Gasteiger partial charge in [0.1, 0.15) is 0 Å². The maximum absolute atomic E-state index is 11.3. The van der Waals surface area contributed by atoms with Gasteiger partial charge in [-0.25, -0.2) is 9.59 Å². The predicted molar refractivity (Wildman–Crippen MR) is 55.0 cm³/mol. The minimum Gasteiger partial charge on any atom is -0.479 e. The van der Waals surface area contributed by atoms with E-state index in [0.717, 1.165) is 10.5 Å². The molecular weight excluding hydrogens is 210 g/mol. The fraction of sp³-hybridized carbons (Fsp3) is 0.273. The van der Waals surface area contributed by atoms with E-state index in [1.165, 1.54) is 6.92 Å². The smallest absolute Gasteiger partial charge is 0.408 e. The lowest BCUT2D eigenvalue weighted by atomic mass is 9.92. The summed E-state index contributed by atoms with van der Waals surface area (Å²) in [5.41, 5.74) is -0.192. The SMILES string of the molecule is C[C@]1(C(=O)O)c2ccccc2CN1C(=O)O. The number of carboxylic acid groups (broad SMARTS) is 2. The normalized spacial score (nSPS) is 22.9. The van der Waals surface area contributed by atoms with Crippen LogP contribution in [-0.2, 0) is 16.9 Å². The Hall–Kier alpha value is -2.04. The van der Waals surface area contributed by atoms with Crippen LogP contribution in [-0.4, -0.2) is 27.2 Å². The van der Waals surface area contributed by atoms with Gasteiger partial charge in [-0.05, 0) is 18.1 Å². The van der Waals surface area contributed by atoms with Crippen LogP contribution in [0.25, 0.3) is 0 Å². The second-order valence-electron chi connectivity index (χ2n) is 3.90. The van der Waals surface area contributed by atoms with Crippen molar-refractivity contribution < 1.29 is 19.8 Å². The molecule has 5 nitrogen and oxygen atoms in total. The van der Waals surface area contributed by atoms with Crippen molar-refractivity contribution in [1.82, 2.24) is 4.90 Å². The average Bonchev–Trinajstić information content (AvgIpc) is 2.54. The highest BCUT2D eigenvalue weighted by Crippen LogP contribution is 2.39. The van der Waals surface area contributed by atoms with E-state index in [4.69, 9.17) is 5.11 Å². The quantitative estimate of drug-likeness (QED) is 0.752. The number of carbonyl (C=O) groups is 2. The number of rotatable bonds is 1. The van der Waals surface area contributed by atoms with E-state index in [-0.39, 0.29) is 6.54 Å². The fourth-order valence-corrected chi connectivity index (χ4v) is 2.10. The Morgan fingerprint density at radius 2 is 1.94 bits per heavy atom. The molecule has 1 atom stereocenters. The monoisotopic (exact) mass is 221 g/mol. The molecule has 1 aliphatic rings. The van der Waals surface area contributed by atoms with Gasteiger partial charge < -0.3 is 10.2 Å². The van der Waals surface area contributed by atoms with Crippen molar-refractivity contribution in [2.24, 2.45) is 0 Å². The highest BCUT2D eigenvalue weighted by atomic mass is 16.4. The van der Waals surface area contributed by atoms with Gasteiger partial charge in [0.15, 0.2) is 5.54 Å². The van der Waals surface area contributed by atoms with Crippen LogP contribution in [0.15, 0.2) is 24.3 Å². The molecule has 5 heteroatoms. The van der Waals surface area contributed by atoms with E-state index < -0.39 is 17.6 Å². The lowest BCUT2D eigenvalue weighted by Gasteiger charge is -2.29. The number of benzene rings is 1. The average molecular weight is 221 g/mol. The Labute approximate surface area is 91.9 Å². The topological polar surface area (TPSA) is 77.8 Å². The molecule has 1 aliphatic heterocycles. The van der Waals surface area contributed by atoms with Crippen molar-refractivity contribution in [1.29, 1.82) is 0 Å². The van der Waals surface area contributed by atoms with E-state index in [1.807, 2.05) is 0 Å². The third-order valence-corrected chi connectivity index (χ3v) is 3.06. The van der Waals surface area contributed by atoms with Crippen LogP contribution in [0.1, 0.15) is 18.1 Å². The Morgan fingerprint density at radius 1 is 1.31 bits per heavy atom. The molecule has 1 heterocycles. The molecule has 2 N–H and O–H groups in total. The maximum atomic E-state index is 11.3. The molecule has 0 fully saturated rings. The first-order chi connectivity index (χ1) is 7.48. The van der Waals surface area contributed by atoms with Crippen molar-refractivity contribution in [3.8, 4) is 0 Å². The van der Waals surface area contributed by atoms with Gasteiger partial charge in [0.05, 0.1) is 6.54 Å². The Kier molecular flexibility index (Phi) is 2.11. The lowest BCUT2D eigenvalue weighted by molar-refractivity contribution is -0.149. The van der Waals surface area contributed by atoms with Gasteiger partial charge in [0.2, 0.25) is 0 Å². The number of hydrogen-bond acceptors (Lipinski definition) is 2. The first kappa shape index (κ1) is 10.5. The van der Waals surface area contributed by atoms with Crippen molar-refractivity contribution in [2.45, 2.75) is 19.0 Å². The van der Waals surface area contributed by atoms with E-state index >= 15 is 0 Å². The van der Waals surface area contributed by atoms with Crippen molar-refractivity contribution in [3.63, 3.8) is 0 Å². The standard InChI is InChI=1S/C11H11NO4/c1-11(9(13)14)8-5-3-2-4-7(8)6-12(11)10(15)16/h2-5H,6H2,1H3,(H,13,14)(H,15,16)/t11-/m1/s1. The minimum absolute atomic E-state index is 0.119. The van der Waals surface area contributed by atoms with Gasteiger partial charge in [-0.2, -0.15) is 0 Å². The van der Waals surface area contributed by atoms with E-state index in [1.54, 1.807) is 24.3 Å². The summed E-state index contributed by atoms with van der Waals surface area (Å²) < 4.78 is 0. The van der Waals surface area contributed by atoms with Crippen LogP contribution in [0.5, 0.6) is 0 Å². The summed E-state index contributed by atoms with van der Waals surface area (Å²) in [6.45, 7) is 1.53. The molecule has 0 bridgehead atoms. The van der Waals surface area contributed by atoms with Crippen LogP contribution < -0.4 is 0 Å². The van der Waals surface area contributed by atoms with Crippen LogP contribution in [0.2, 0.25) is 0 Å². The zero-order valence-corrected chi connectivity index (χ0v) is 8.67. The van der Waals surface area contributed by atoms with Crippen molar-refractivity contribution in [2.75, 3.05) is 0 Å². The molecule has 0 aliphatic carbocycles. The van der Waals surface area contributed by atoms with Gasteiger partial charge >= 0.3 is 12.1 Å². The molecule has 0 saturated heterocycles. The van der Waals surface area contributed by atoms with E-state index in [9.17, 15) is 14.7 Å². The molecule has 0 spiro atoms. The number of fused-ring (bicyclic) bond motifs is 1. The third kappa shape index (κ3) is 1.18. The van der Waals surface area contributed by atoms with Gasteiger partial charge in [-0.15, -0.1) is 0 Å². The number of amides is 1. The Morgan fingerprint density at radius 3 is 2.50 bits per heavy atom. The summed E-state index contributed by atoms with van der Waals surface area (Å²) in [4.78, 5) is 23.3. The lowest BCUT2D eigenvalue weighted by Crippen LogP contribution is -2.47. The second kappa shape index (κ2) is 3.23. The van der Waals surface area contributed by atoms with Crippen LogP contribution in [0.3, 0.4) is 0 Å². The molecule has 0 saturated carbocycles. The zero-order chi connectivity index (χ0) is 11.9. The van der Waals surface area contributed by atoms with Gasteiger partial charge in [0, 0.05) is 0 Å². The first-order valence-corrected chi connectivity index (χ1v) is 4.80. The predicted octanol–water partition coefficient (Wildman–Crippen LogP) is 1.48. The second-order valence-corrected chi connectivity index (χ2v) is 3.90. The first-order valence-electron chi connectivity index (χ1n) is 4.80. The van der Waals surface area contributed by atoms with Gasteiger partial charge in [-0.1, -0.05) is 24.3 Å². The molecule has 2 rings (SSSR count). The van der Waals surface area contributed by atoms with E-state index in [2.05, 4.69) is 0 Å². The van der Waals surface area contributed by atoms with Gasteiger partial charge in [0.25, 0.3) is 0 Å². The van der Waals surface area contributed by atoms with Crippen LogP contribution in [0, 0.1) is 0 Å². The summed E-state index contributed by atoms with van der Waals surface area (Å²) in [6.07, 6.45) is -1.22. The third-order valence-electron chi connectivity index (χ3n) is 3.06. The molecule has 1 aromatic rings. The highest BCUT2D eigenvalue weighted by Gasteiger charge is 2.49. The summed E-state index contributed by atoms with van der Waals surface area (Å²) in [6, 6.07) is 6.89. The summed E-state index contributed by atoms with van der Waals surface area (Å²) in [5.74, 6) is -1.15. The fourth-order valence-electron chi connectivity index (χ4n) is 2.10. The maximum Gasteiger partial charge on any atom is 0.408 e. The van der Waals surface area contributed by atoms with Crippen molar-refractivity contribution >= 4 is 12.1 Å². The molecule has 1 amide bonds. The molecule has 84 valence electrons. The van der Waals surface area contributed by atoms with Crippen LogP contribution >= 0.6 is 0 Å². The van der Waals surface area contributed by atoms with E-state index in [0.29, 0.717) is 5.56 Å². The Bertz CT molecular complexity index is 471. The molecule has 1 aromatic carbocycles. The summed E-state index contributed by atoms with van der Waals surface area (Å²) >= 11 is 0. The largest absolute Gasteiger partial charge is 0.479 e. The zero-order valence-electron chi connectivity index (χ0n) is 8.67. The van der Waals surface area contributed by atoms with Crippen LogP contribution in [0.4, 0.5) is 4.79 Å². The van der Waals surface area contributed by atoms with Gasteiger partial charge in [-0.3, -0.25) is 4.90 Å². The number of carboxylic acids is 1. The summed E-state index contributed by atoms with van der Waals surface area (Å²) in [7, 11) is 0. The number of nitrogens with zero attached hydrogens (tertiary/aromatic N) is 1. The molecular formula is C11H11NO4. The summed E-state index contributed by atoms with van der Waals surface area (Å²) in [5, 5.41) is 18.3. The molecule has 0 unspecified atom stereocenters. The number of aliphatic carboxylic acids is 1. The Balaban J connectivity index is 2.61.